The van der Waals surface area contributed by atoms with Crippen LogP contribution in [0.3, 0.4) is 0 Å². The van der Waals surface area contributed by atoms with E-state index in [0.29, 0.717) is 20.6 Å². The molecule has 0 bridgehead atoms. The van der Waals surface area contributed by atoms with Gasteiger partial charge in [-0.1, -0.05) is 52.1 Å². The Morgan fingerprint density at radius 3 is 1.95 bits per heavy atom. The summed E-state index contributed by atoms with van der Waals surface area (Å²) < 4.78 is 0. The molecule has 0 aliphatic carbocycles. The largest absolute Gasteiger partial charge is 0.365 e. The molecule has 2 aromatic rings. The molecule has 112 valence electrons. The van der Waals surface area contributed by atoms with Crippen LogP contribution in [0.4, 0.5) is 0 Å². The summed E-state index contributed by atoms with van der Waals surface area (Å²) in [5.41, 5.74) is 1.14. The molecule has 0 atom stereocenters. The van der Waals surface area contributed by atoms with Crippen molar-refractivity contribution >= 4 is 52.0 Å². The highest BCUT2D eigenvalue weighted by Gasteiger charge is 2.05. The number of carbonyl (C=O) groups is 1. The minimum atomic E-state index is -0.580. The van der Waals surface area contributed by atoms with Crippen LogP contribution in [0.2, 0.25) is 10.0 Å². The van der Waals surface area contributed by atoms with Crippen LogP contribution < -0.4 is 0 Å². The standard InChI is InChI=1S/C16H10Cl3NO2/c17-13-5-1-11(2-6-13)15(19)9-10-20-22-16(21)12-3-7-14(18)8-4-12/h1-10H. The SMILES string of the molecule is O=C(ON=CC=C(Cl)c1ccc(Cl)cc1)c1ccc(Cl)cc1. The number of rotatable bonds is 4. The highest BCUT2D eigenvalue weighted by Crippen LogP contribution is 2.20. The molecule has 2 rings (SSSR count). The van der Waals surface area contributed by atoms with E-state index < -0.39 is 5.97 Å². The molecule has 0 N–H and O–H groups in total. The molecular weight excluding hydrogens is 345 g/mol. The van der Waals surface area contributed by atoms with Crippen LogP contribution in [-0.2, 0) is 4.84 Å². The summed E-state index contributed by atoms with van der Waals surface area (Å²) in [7, 11) is 0. The summed E-state index contributed by atoms with van der Waals surface area (Å²) in [4.78, 5) is 16.4. The fraction of sp³-hybridized carbons (Fsp3) is 0. The van der Waals surface area contributed by atoms with Crippen molar-refractivity contribution in [2.75, 3.05) is 0 Å². The lowest BCUT2D eigenvalue weighted by Gasteiger charge is -1.98. The number of oxime groups is 1. The van der Waals surface area contributed by atoms with Gasteiger partial charge in [0.05, 0.1) is 11.8 Å². The van der Waals surface area contributed by atoms with Crippen LogP contribution in [0, 0.1) is 0 Å². The van der Waals surface area contributed by atoms with E-state index in [9.17, 15) is 4.79 Å². The van der Waals surface area contributed by atoms with Gasteiger partial charge in [0.1, 0.15) is 0 Å². The molecule has 0 aromatic heterocycles. The molecule has 6 heteroatoms. The van der Waals surface area contributed by atoms with E-state index in [1.54, 1.807) is 48.5 Å². The van der Waals surface area contributed by atoms with Gasteiger partial charge in [-0.25, -0.2) is 4.79 Å². The molecule has 0 unspecified atom stereocenters. The lowest BCUT2D eigenvalue weighted by atomic mass is 10.2. The summed E-state index contributed by atoms with van der Waals surface area (Å²) >= 11 is 17.6. The second-order valence-electron chi connectivity index (χ2n) is 4.16. The van der Waals surface area contributed by atoms with Crippen LogP contribution in [0.15, 0.2) is 59.8 Å². The Labute approximate surface area is 142 Å². The fourth-order valence-corrected chi connectivity index (χ4v) is 1.95. The maximum absolute atomic E-state index is 11.7. The summed E-state index contributed by atoms with van der Waals surface area (Å²) in [5.74, 6) is -0.580. The average molecular weight is 355 g/mol. The van der Waals surface area contributed by atoms with E-state index in [0.717, 1.165) is 5.56 Å². The van der Waals surface area contributed by atoms with Crippen molar-refractivity contribution in [1.29, 1.82) is 0 Å². The van der Waals surface area contributed by atoms with Crippen molar-refractivity contribution < 1.29 is 9.63 Å². The Morgan fingerprint density at radius 2 is 1.41 bits per heavy atom. The van der Waals surface area contributed by atoms with Gasteiger partial charge in [-0.2, -0.15) is 0 Å². The third-order valence-corrected chi connectivity index (χ3v) is 3.47. The minimum absolute atomic E-state index is 0.356. The molecule has 0 fully saturated rings. The molecule has 0 saturated carbocycles. The number of halogens is 3. The number of benzene rings is 2. The maximum Gasteiger partial charge on any atom is 0.365 e. The van der Waals surface area contributed by atoms with E-state index in [-0.39, 0.29) is 0 Å². The Morgan fingerprint density at radius 1 is 0.909 bits per heavy atom. The Hall–Kier alpha value is -1.81. The van der Waals surface area contributed by atoms with E-state index in [4.69, 9.17) is 39.6 Å². The van der Waals surface area contributed by atoms with Crippen molar-refractivity contribution in [1.82, 2.24) is 0 Å². The second-order valence-corrected chi connectivity index (χ2v) is 5.44. The van der Waals surface area contributed by atoms with Crippen molar-refractivity contribution in [3.8, 4) is 0 Å². The lowest BCUT2D eigenvalue weighted by molar-refractivity contribution is 0.0519. The van der Waals surface area contributed by atoms with E-state index in [2.05, 4.69) is 5.16 Å². The number of nitrogens with zero attached hydrogens (tertiary/aromatic N) is 1. The van der Waals surface area contributed by atoms with E-state index in [1.807, 2.05) is 0 Å². The first-order chi connectivity index (χ1) is 10.6. The molecule has 0 aliphatic heterocycles. The summed E-state index contributed by atoms with van der Waals surface area (Å²) in [6, 6.07) is 13.3. The van der Waals surface area contributed by atoms with Crippen LogP contribution >= 0.6 is 34.8 Å². The molecule has 22 heavy (non-hydrogen) atoms. The number of hydrogen-bond donors (Lipinski definition) is 0. The van der Waals surface area contributed by atoms with Gasteiger partial charge in [-0.3, -0.25) is 0 Å². The van der Waals surface area contributed by atoms with Gasteiger partial charge in [-0.15, -0.1) is 0 Å². The average Bonchev–Trinajstić information content (AvgIpc) is 2.52. The molecule has 0 saturated heterocycles. The van der Waals surface area contributed by atoms with Crippen LogP contribution in [-0.4, -0.2) is 12.2 Å². The zero-order valence-electron chi connectivity index (χ0n) is 11.2. The normalized spacial score (nSPS) is 11.7. The smallest absolute Gasteiger partial charge is 0.313 e. The van der Waals surface area contributed by atoms with E-state index in [1.165, 1.54) is 12.3 Å². The van der Waals surface area contributed by atoms with Crippen molar-refractivity contribution in [3.05, 3.63) is 75.8 Å². The third kappa shape index (κ3) is 4.88. The summed E-state index contributed by atoms with van der Waals surface area (Å²) in [6.07, 6.45) is 2.81. The van der Waals surface area contributed by atoms with Gasteiger partial charge in [-0.05, 0) is 48.0 Å². The van der Waals surface area contributed by atoms with Gasteiger partial charge in [0.15, 0.2) is 0 Å². The molecule has 0 amide bonds. The Kier molecular flexibility index (Phi) is 6.01. The highest BCUT2D eigenvalue weighted by atomic mass is 35.5. The predicted molar refractivity (Wildman–Crippen MR) is 90.6 cm³/mol. The second kappa shape index (κ2) is 7.99. The molecule has 0 heterocycles. The molecule has 3 nitrogen and oxygen atoms in total. The minimum Gasteiger partial charge on any atom is -0.313 e. The fourth-order valence-electron chi connectivity index (χ4n) is 1.52. The van der Waals surface area contributed by atoms with Crippen LogP contribution in [0.25, 0.3) is 5.03 Å². The maximum atomic E-state index is 11.7. The van der Waals surface area contributed by atoms with Gasteiger partial charge in [0.2, 0.25) is 0 Å². The summed E-state index contributed by atoms with van der Waals surface area (Å²) in [6.45, 7) is 0. The Bertz CT molecular complexity index is 707. The first kappa shape index (κ1) is 16.6. The molecular formula is C16H10Cl3NO2. The predicted octanol–water partition coefficient (Wildman–Crippen LogP) is 5.42. The first-order valence-electron chi connectivity index (χ1n) is 6.18. The van der Waals surface area contributed by atoms with Crippen molar-refractivity contribution in [2.24, 2.45) is 5.16 Å². The van der Waals surface area contributed by atoms with Crippen LogP contribution in [0.5, 0.6) is 0 Å². The highest BCUT2D eigenvalue weighted by molar-refractivity contribution is 6.49. The first-order valence-corrected chi connectivity index (χ1v) is 7.31. The van der Waals surface area contributed by atoms with Gasteiger partial charge >= 0.3 is 5.97 Å². The topological polar surface area (TPSA) is 38.7 Å². The molecule has 2 aromatic carbocycles. The quantitative estimate of drug-likeness (QED) is 0.418. The molecule has 0 radical (unpaired) electrons. The van der Waals surface area contributed by atoms with Crippen molar-refractivity contribution in [3.63, 3.8) is 0 Å². The van der Waals surface area contributed by atoms with Gasteiger partial charge < -0.3 is 4.84 Å². The number of carbonyl (C=O) groups excluding carboxylic acids is 1. The monoisotopic (exact) mass is 353 g/mol. The molecule has 0 spiro atoms. The lowest BCUT2D eigenvalue weighted by Crippen LogP contribution is -2.00. The third-order valence-electron chi connectivity index (χ3n) is 2.62. The summed E-state index contributed by atoms with van der Waals surface area (Å²) in [5, 5.41) is 5.17. The van der Waals surface area contributed by atoms with Gasteiger partial charge in [0.25, 0.3) is 0 Å². The Balaban J connectivity index is 1.94. The zero-order valence-corrected chi connectivity index (χ0v) is 13.4. The van der Waals surface area contributed by atoms with E-state index >= 15 is 0 Å². The number of allylic oxidation sites excluding steroid dienone is 1. The number of hydrogen-bond acceptors (Lipinski definition) is 3. The van der Waals surface area contributed by atoms with Gasteiger partial charge in [0, 0.05) is 15.1 Å². The van der Waals surface area contributed by atoms with Crippen molar-refractivity contribution in [2.45, 2.75) is 0 Å². The van der Waals surface area contributed by atoms with Crippen LogP contribution in [0.1, 0.15) is 15.9 Å². The molecule has 0 aliphatic rings. The zero-order chi connectivity index (χ0) is 15.9.